The van der Waals surface area contributed by atoms with Crippen molar-refractivity contribution in [1.29, 1.82) is 0 Å². The van der Waals surface area contributed by atoms with E-state index >= 15 is 0 Å². The van der Waals surface area contributed by atoms with Crippen LogP contribution in [0.3, 0.4) is 0 Å². The van der Waals surface area contributed by atoms with Gasteiger partial charge >= 0.3 is 77.2 Å². The Morgan fingerprint density at radius 3 is 0.660 bits per heavy atom. The molecule has 0 rings (SSSR count). The van der Waals surface area contributed by atoms with E-state index in [4.69, 9.17) is 0 Å². The Morgan fingerprint density at radius 2 is 0.434 bits per heavy atom. The van der Waals surface area contributed by atoms with E-state index in [0.717, 1.165) is 12.8 Å². The Balaban J connectivity index is 0. The minimum Gasteiger partial charge on any atom is -0.200 e. The predicted molar refractivity (Wildman–Crippen MR) is 129 cm³/mol. The molecule has 0 N–H and O–H groups in total. The van der Waals surface area contributed by atoms with Gasteiger partial charge in [0.15, 0.2) is 0 Å². The highest BCUT2D eigenvalue weighted by atomic mass is 19.4. The van der Waals surface area contributed by atoms with E-state index in [1.165, 1.54) is 0 Å². The summed E-state index contributed by atoms with van der Waals surface area (Å²) in [6, 6.07) is 0. The Bertz CT molecular complexity index is 1130. The van der Waals surface area contributed by atoms with E-state index in [0.29, 0.717) is 19.3 Å². The molecule has 0 aromatic carbocycles. The Morgan fingerprint density at radius 1 is 0.245 bits per heavy atom. The quantitative estimate of drug-likeness (QED) is 0.0797. The van der Waals surface area contributed by atoms with E-state index in [1.807, 2.05) is 20.8 Å². The standard InChI is InChI=1S/C24H23F27.C2H6/c1-2-3-4-5-6-7-8-9-10-11-12(25,26)13(27,28)14(29,30)15(31,32)16(33,34)17(35,36)18(37,38)19(39,40)20(41,42)21(43,44)22(45,46)23(47,48)24(49,50)51;1-2/h2-11H2,1H3;1-2H3. The summed E-state index contributed by atoms with van der Waals surface area (Å²) >= 11 is 0. The van der Waals surface area contributed by atoms with Crippen molar-refractivity contribution in [2.45, 2.75) is 162 Å². The number of unbranched alkanes of at least 4 members (excludes halogenated alkanes) is 8. The molecule has 0 saturated heterocycles. The maximum absolute atomic E-state index is 14.0. The molecule has 0 heterocycles. The molecule has 0 radical (unpaired) electrons. The topological polar surface area (TPSA) is 0 Å². The summed E-state index contributed by atoms with van der Waals surface area (Å²) in [7, 11) is 0. The predicted octanol–water partition coefficient (Wildman–Crippen LogP) is 14.1. The average Bonchev–Trinajstić information content (AvgIpc) is 2.99. The molecule has 0 nitrogen and oxygen atoms in total. The van der Waals surface area contributed by atoms with E-state index in [1.54, 1.807) is 0 Å². The smallest absolute Gasteiger partial charge is 0.200 e. The summed E-state index contributed by atoms with van der Waals surface area (Å²) in [5, 5.41) is 0. The zero-order valence-electron chi connectivity index (χ0n) is 26.8. The maximum atomic E-state index is 14.0. The van der Waals surface area contributed by atoms with Crippen LogP contribution in [0.1, 0.15) is 85.0 Å². The summed E-state index contributed by atoms with van der Waals surface area (Å²) in [6.45, 7) is 5.82. The normalized spacial score (nSPS) is 15.7. The van der Waals surface area contributed by atoms with E-state index in [-0.39, 0.29) is 12.8 Å². The van der Waals surface area contributed by atoms with Crippen LogP contribution in [-0.2, 0) is 0 Å². The van der Waals surface area contributed by atoms with Gasteiger partial charge < -0.3 is 0 Å². The largest absolute Gasteiger partial charge is 0.460 e. The fourth-order valence-electron chi connectivity index (χ4n) is 4.00. The molecule has 53 heavy (non-hydrogen) atoms. The molecule has 0 unspecified atom stereocenters. The number of hydrogen-bond acceptors (Lipinski definition) is 0. The first-order chi connectivity index (χ1) is 23.1. The molecule has 0 aromatic rings. The summed E-state index contributed by atoms with van der Waals surface area (Å²) < 4.78 is 366. The van der Waals surface area contributed by atoms with Gasteiger partial charge in [-0.25, -0.2) is 0 Å². The number of alkyl halides is 27. The van der Waals surface area contributed by atoms with Gasteiger partial charge in [-0.2, -0.15) is 119 Å². The zero-order valence-corrected chi connectivity index (χ0v) is 26.8. The molecule has 0 bridgehead atoms. The van der Waals surface area contributed by atoms with Crippen LogP contribution in [0.4, 0.5) is 119 Å². The van der Waals surface area contributed by atoms with Crippen molar-refractivity contribution >= 4 is 0 Å². The second kappa shape index (κ2) is 16.3. The Labute approximate surface area is 281 Å². The van der Waals surface area contributed by atoms with Crippen LogP contribution in [-0.4, -0.2) is 77.2 Å². The van der Waals surface area contributed by atoms with E-state index in [9.17, 15) is 119 Å². The first-order valence-corrected chi connectivity index (χ1v) is 14.7. The molecule has 0 aliphatic heterocycles. The van der Waals surface area contributed by atoms with Crippen LogP contribution in [0.5, 0.6) is 0 Å². The van der Waals surface area contributed by atoms with Gasteiger partial charge in [0.05, 0.1) is 0 Å². The Hall–Kier alpha value is -1.89. The molecule has 0 aliphatic rings. The highest BCUT2D eigenvalue weighted by molar-refractivity contribution is 5.20. The van der Waals surface area contributed by atoms with Crippen molar-refractivity contribution in [2.24, 2.45) is 0 Å². The van der Waals surface area contributed by atoms with Gasteiger partial charge in [0, 0.05) is 6.42 Å². The lowest BCUT2D eigenvalue weighted by Gasteiger charge is -2.46. The number of rotatable bonds is 21. The molecule has 0 saturated carbocycles. The third-order valence-corrected chi connectivity index (χ3v) is 7.35. The van der Waals surface area contributed by atoms with Crippen LogP contribution in [0.25, 0.3) is 0 Å². The van der Waals surface area contributed by atoms with Gasteiger partial charge in [-0.1, -0.05) is 72.1 Å². The van der Waals surface area contributed by atoms with Crippen LogP contribution < -0.4 is 0 Å². The van der Waals surface area contributed by atoms with Crippen LogP contribution in [0.2, 0.25) is 0 Å². The molecular formula is C26H29F27. The van der Waals surface area contributed by atoms with Gasteiger partial charge in [-0.3, -0.25) is 0 Å². The number of hydrogen-bond donors (Lipinski definition) is 0. The van der Waals surface area contributed by atoms with Crippen molar-refractivity contribution in [2.75, 3.05) is 0 Å². The summed E-state index contributed by atoms with van der Waals surface area (Å²) in [5.41, 5.74) is 0. The van der Waals surface area contributed by atoms with Crippen LogP contribution in [0, 0.1) is 0 Å². The van der Waals surface area contributed by atoms with Crippen molar-refractivity contribution in [1.82, 2.24) is 0 Å². The molecule has 27 heteroatoms. The van der Waals surface area contributed by atoms with Crippen LogP contribution >= 0.6 is 0 Å². The molecule has 0 amide bonds. The lowest BCUT2D eigenvalue weighted by Crippen LogP contribution is -2.78. The average molecular weight is 854 g/mol. The fraction of sp³-hybridized carbons (Fsp3) is 1.00. The molecule has 0 atom stereocenters. The highest BCUT2D eigenvalue weighted by Crippen LogP contribution is 2.68. The molecular weight excluding hydrogens is 825 g/mol. The van der Waals surface area contributed by atoms with Crippen LogP contribution in [0.15, 0.2) is 0 Å². The summed E-state index contributed by atoms with van der Waals surface area (Å²) in [6.07, 6.45) is -9.65. The second-order valence-corrected chi connectivity index (χ2v) is 11.1. The molecule has 0 fully saturated rings. The molecule has 0 aliphatic carbocycles. The molecule has 322 valence electrons. The third kappa shape index (κ3) is 8.31. The Kier molecular flexibility index (Phi) is 16.4. The van der Waals surface area contributed by atoms with Gasteiger partial charge in [0.2, 0.25) is 0 Å². The summed E-state index contributed by atoms with van der Waals surface area (Å²) in [4.78, 5) is 0. The monoisotopic (exact) mass is 854 g/mol. The van der Waals surface area contributed by atoms with E-state index in [2.05, 4.69) is 0 Å². The maximum Gasteiger partial charge on any atom is 0.460 e. The second-order valence-electron chi connectivity index (χ2n) is 11.1. The van der Waals surface area contributed by atoms with Gasteiger partial charge in [-0.05, 0) is 6.42 Å². The first-order valence-electron chi connectivity index (χ1n) is 14.7. The molecule has 0 aromatic heterocycles. The van der Waals surface area contributed by atoms with Gasteiger partial charge in [0.25, 0.3) is 0 Å². The molecule has 0 spiro atoms. The fourth-order valence-corrected chi connectivity index (χ4v) is 4.00. The number of halogens is 27. The minimum atomic E-state index is -9.74. The third-order valence-electron chi connectivity index (χ3n) is 7.35. The first kappa shape index (κ1) is 53.2. The van der Waals surface area contributed by atoms with Crippen molar-refractivity contribution in [3.05, 3.63) is 0 Å². The highest BCUT2D eigenvalue weighted by Gasteiger charge is 3.00. The lowest BCUT2D eigenvalue weighted by molar-refractivity contribution is -0.485. The van der Waals surface area contributed by atoms with E-state index < -0.39 is 96.5 Å². The zero-order chi connectivity index (χ0) is 43.6. The lowest BCUT2D eigenvalue weighted by atomic mass is 9.83. The van der Waals surface area contributed by atoms with Crippen molar-refractivity contribution < 1.29 is 119 Å². The summed E-state index contributed by atoms with van der Waals surface area (Å²) in [5.74, 6) is -109. The van der Waals surface area contributed by atoms with Gasteiger partial charge in [-0.15, -0.1) is 0 Å². The van der Waals surface area contributed by atoms with Crippen molar-refractivity contribution in [3.63, 3.8) is 0 Å². The SMILES string of the molecule is CC.CCCCCCCCCCCC(F)(F)C(F)(F)C(F)(F)C(F)(F)C(F)(F)C(F)(F)C(F)(F)C(F)(F)C(F)(F)C(F)(F)C(F)(F)C(F)(F)C(F)(F)F. The van der Waals surface area contributed by atoms with Crippen molar-refractivity contribution in [3.8, 4) is 0 Å². The van der Waals surface area contributed by atoms with Gasteiger partial charge in [0.1, 0.15) is 0 Å². The minimum absolute atomic E-state index is 0.141.